The van der Waals surface area contributed by atoms with Gasteiger partial charge in [0.2, 0.25) is 5.78 Å². The third-order valence-corrected chi connectivity index (χ3v) is 37.7. The van der Waals surface area contributed by atoms with Crippen molar-refractivity contribution < 1.29 is 29.4 Å². The van der Waals surface area contributed by atoms with Crippen LogP contribution in [0.3, 0.4) is 0 Å². The Morgan fingerprint density at radius 1 is 0.526 bits per heavy atom. The minimum atomic E-state index is -7.01. The average Bonchev–Trinajstić information content (AvgIpc) is 3.87. The molecule has 0 spiro atoms. The molecule has 0 radical (unpaired) electrons. The molecule has 0 unspecified atom stereocenters. The number of hydrogen-bond acceptors (Lipinski definition) is 2. The lowest BCUT2D eigenvalue weighted by Crippen LogP contribution is -2.86. The first kappa shape index (κ1) is 21.3. The van der Waals surface area contributed by atoms with Crippen LogP contribution in [-0.2, 0) is 0 Å². The van der Waals surface area contributed by atoms with E-state index in [0.29, 0.717) is 27.0 Å². The molecule has 1 aliphatic rings. The lowest BCUT2D eigenvalue weighted by molar-refractivity contribution is 0.491. The molecule has 8 heteroatoms. The molecular weight excluding hydrogens is 759 g/mol. The van der Waals surface area contributed by atoms with E-state index in [9.17, 15) is 24.7 Å². The van der Waals surface area contributed by atoms with Crippen molar-refractivity contribution in [2.75, 3.05) is 0 Å². The average molecular weight is 824 g/mol. The van der Waals surface area contributed by atoms with Crippen LogP contribution in [0.2, 0.25) is 38.9 Å². The summed E-state index contributed by atoms with van der Waals surface area (Å²) in [5.41, 5.74) is 3.94. The van der Waals surface area contributed by atoms with Crippen LogP contribution in [0, 0.1) is 0 Å². The van der Waals surface area contributed by atoms with E-state index in [1.807, 2.05) is 138 Å². The number of nitrogens with zero attached hydrogens (tertiary/aromatic N) is 3. The van der Waals surface area contributed by atoms with Crippen LogP contribution in [0.1, 0.15) is 24.7 Å². The zero-order chi connectivity index (χ0) is 54.2. The number of imidazole rings is 2. The molecule has 0 aliphatic carbocycles. The molecule has 2 aromatic heterocycles. The minimum absolute atomic E-state index is 0.226. The summed E-state index contributed by atoms with van der Waals surface area (Å²) in [6.45, 7) is -25.0. The van der Waals surface area contributed by atoms with Gasteiger partial charge in [0.1, 0.15) is 18.6 Å². The topological polar surface area (TPSA) is 31.5 Å². The van der Waals surface area contributed by atoms with E-state index in [1.54, 1.807) is 6.07 Å². The Kier molecular flexibility index (Phi) is 4.86. The fraction of sp³-hybridized carbons (Fsp3) is 0.122. The molecule has 10 rings (SSSR count). The number of para-hydroxylation sites is 6. The highest BCUT2D eigenvalue weighted by atomic mass is 29.6. The first-order valence-corrected chi connectivity index (χ1v) is 28.6. The highest BCUT2D eigenvalue weighted by Gasteiger charge is 2.61. The van der Waals surface area contributed by atoms with Gasteiger partial charge in [0.15, 0.2) is 8.07 Å². The monoisotopic (exact) mass is 823 g/mol. The lowest BCUT2D eigenvalue weighted by atomic mass is 10.2. The molecule has 1 aliphatic heterocycles. The van der Waals surface area contributed by atoms with Gasteiger partial charge in [-0.2, -0.15) is 0 Å². The van der Waals surface area contributed by atoms with Crippen LogP contribution in [0.15, 0.2) is 176 Å². The van der Waals surface area contributed by atoms with Crippen LogP contribution in [0.25, 0.3) is 33.5 Å². The standard InChI is InChI=1S/C49H47N3OSi4/c1-54(2,3)57(55(4,5)6)45-32-18-17-31-44(45)53-48-46(33-20-34-47(48)57)56(37-22-9-7-10-23-37,38-24-11-8-12-25-38)39-26-19-21-36(35-39)51-42-29-15-16-30-43(42)52-41-28-14-13-27-40(41)50-49(51)52/h7-35H,1-6H3/i1D3,2D3,3D3,4D3,5D3,6D3. The van der Waals surface area contributed by atoms with Crippen molar-refractivity contribution in [3.63, 3.8) is 0 Å². The molecule has 57 heavy (non-hydrogen) atoms. The maximum Gasteiger partial charge on any atom is 0.220 e. The summed E-state index contributed by atoms with van der Waals surface area (Å²) < 4.78 is 181. The van der Waals surface area contributed by atoms with E-state index in [2.05, 4.69) is 4.40 Å². The molecule has 7 aromatic carbocycles. The lowest BCUT2D eigenvalue weighted by Gasteiger charge is -2.54. The van der Waals surface area contributed by atoms with E-state index < -0.39 is 85.3 Å². The molecule has 3 heterocycles. The maximum atomic E-state index is 9.45. The Hall–Kier alpha value is -5.52. The second-order valence-electron chi connectivity index (χ2n) is 14.6. The highest BCUT2D eigenvalue weighted by molar-refractivity contribution is 7.77. The normalized spacial score (nSPS) is 20.1. The fourth-order valence-corrected chi connectivity index (χ4v) is 32.5. The molecule has 280 valence electrons. The van der Waals surface area contributed by atoms with Crippen molar-refractivity contribution in [2.24, 2.45) is 0 Å². The van der Waals surface area contributed by atoms with E-state index in [4.69, 9.17) is 9.72 Å². The summed E-state index contributed by atoms with van der Waals surface area (Å²) in [5.74, 6) is -0.196. The molecule has 0 bridgehead atoms. The third kappa shape index (κ3) is 5.04. The van der Waals surface area contributed by atoms with Crippen LogP contribution < -0.4 is 35.9 Å². The van der Waals surface area contributed by atoms with Crippen molar-refractivity contribution in [3.8, 4) is 17.2 Å². The van der Waals surface area contributed by atoms with Crippen molar-refractivity contribution in [1.29, 1.82) is 0 Å². The quantitative estimate of drug-likeness (QED) is 0.120. The predicted molar refractivity (Wildman–Crippen MR) is 251 cm³/mol. The zero-order valence-electron chi connectivity index (χ0n) is 48.5. The molecule has 4 nitrogen and oxygen atoms in total. The Morgan fingerprint density at radius 2 is 1.09 bits per heavy atom. The summed E-state index contributed by atoms with van der Waals surface area (Å²) in [7, 11) is -24.9. The molecule has 0 fully saturated rings. The second kappa shape index (κ2) is 13.0. The Balaban J connectivity index is 1.47. The van der Waals surface area contributed by atoms with E-state index in [1.165, 1.54) is 24.3 Å². The van der Waals surface area contributed by atoms with Crippen molar-refractivity contribution in [1.82, 2.24) is 14.0 Å². The summed E-state index contributed by atoms with van der Waals surface area (Å²) in [4.78, 5) is 5.11. The van der Waals surface area contributed by atoms with E-state index >= 15 is 0 Å². The van der Waals surface area contributed by atoms with E-state index in [0.717, 1.165) is 34.2 Å². The van der Waals surface area contributed by atoms with Crippen molar-refractivity contribution in [3.05, 3.63) is 176 Å². The first-order chi connectivity index (χ1) is 35.1. The van der Waals surface area contributed by atoms with Crippen LogP contribution in [0.5, 0.6) is 11.5 Å². The van der Waals surface area contributed by atoms with Gasteiger partial charge < -0.3 is 4.74 Å². The van der Waals surface area contributed by atoms with Crippen LogP contribution >= 0.6 is 0 Å². The summed E-state index contributed by atoms with van der Waals surface area (Å²) in [5, 5.41) is 0.994. The third-order valence-electron chi connectivity index (χ3n) is 11.5. The van der Waals surface area contributed by atoms with Crippen LogP contribution in [-0.4, -0.2) is 44.3 Å². The van der Waals surface area contributed by atoms with Gasteiger partial charge in [-0.3, -0.25) is 8.97 Å². The summed E-state index contributed by atoms with van der Waals surface area (Å²) in [6.07, 6.45) is 0. The molecule has 0 N–H and O–H groups in total. The van der Waals surface area contributed by atoms with Gasteiger partial charge in [-0.1, -0.05) is 172 Å². The van der Waals surface area contributed by atoms with Gasteiger partial charge in [0, 0.05) is 45.5 Å². The number of benzene rings is 7. The van der Waals surface area contributed by atoms with Gasteiger partial charge in [0.05, 0.1) is 22.1 Å². The van der Waals surface area contributed by atoms with E-state index in [-0.39, 0.29) is 10.9 Å². The van der Waals surface area contributed by atoms with Crippen molar-refractivity contribution >= 4 is 89.3 Å². The number of fused-ring (bicyclic) bond motifs is 7. The Morgan fingerprint density at radius 3 is 1.79 bits per heavy atom. The number of aromatic nitrogens is 3. The smallest absolute Gasteiger partial charge is 0.220 e. The molecule has 0 saturated heterocycles. The largest absolute Gasteiger partial charge is 0.458 e. The predicted octanol–water partition coefficient (Wildman–Crippen LogP) is 8.31. The Labute approximate surface area is 364 Å². The van der Waals surface area contributed by atoms with Crippen LogP contribution in [0.4, 0.5) is 0 Å². The van der Waals surface area contributed by atoms with Crippen molar-refractivity contribution in [2.45, 2.75) is 38.9 Å². The zero-order valence-corrected chi connectivity index (χ0v) is 34.5. The van der Waals surface area contributed by atoms with Gasteiger partial charge in [-0.25, -0.2) is 4.98 Å². The highest BCUT2D eigenvalue weighted by Crippen LogP contribution is 2.39. The van der Waals surface area contributed by atoms with Gasteiger partial charge in [0.25, 0.3) is 0 Å². The second-order valence-corrected chi connectivity index (χ2v) is 34.5. The summed E-state index contributed by atoms with van der Waals surface area (Å²) >= 11 is 0. The number of ether oxygens (including phenoxy) is 1. The summed E-state index contributed by atoms with van der Waals surface area (Å²) in [6, 6.07) is 51.0. The van der Waals surface area contributed by atoms with Gasteiger partial charge in [-0.15, -0.1) is 0 Å². The SMILES string of the molecule is [2H]C([2H])([2H])[Si](C([2H])([2H])[2H])(C([2H])([2H])[2H])[Si]1([Si](C([2H])([2H])[2H])(C([2H])([2H])[2H])C([2H])([2H])[2H])c2ccccc2Oc2c([Si](c3ccccc3)(c3ccccc3)c3cccc(-n4c5ccccc5n5c6ccccc6nc45)c3)cccc21. The first-order valence-electron chi connectivity index (χ1n) is 27.6. The number of hydrogen-bond donors (Lipinski definition) is 0. The molecule has 0 amide bonds. The van der Waals surface area contributed by atoms with Gasteiger partial charge >= 0.3 is 0 Å². The molecule has 9 aromatic rings. The molecule has 0 saturated carbocycles. The van der Waals surface area contributed by atoms with Gasteiger partial charge in [-0.05, 0) is 73.6 Å². The minimum Gasteiger partial charge on any atom is -0.458 e. The number of rotatable bonds is 7. The Bertz CT molecular complexity index is 3500. The fourth-order valence-electron chi connectivity index (χ4n) is 9.27. The maximum absolute atomic E-state index is 9.45. The molecule has 0 atom stereocenters. The molecular formula is C49H47N3OSi4.